The number of ether oxygens (including phenoxy) is 1. The molecule has 3 atom stereocenters. The molecular weight excluding hydrogens is 533 g/mol. The van der Waals surface area contributed by atoms with Gasteiger partial charge in [-0.25, -0.2) is 18.2 Å². The zero-order valence-electron chi connectivity index (χ0n) is 24.1. The van der Waals surface area contributed by atoms with E-state index in [9.17, 15) is 18.7 Å². The molecule has 222 valence electrons. The van der Waals surface area contributed by atoms with E-state index in [1.165, 1.54) is 4.90 Å². The minimum atomic E-state index is -1.14. The molecule has 0 spiro atoms. The summed E-state index contributed by atoms with van der Waals surface area (Å²) in [6.07, 6.45) is 1.02. The Kier molecular flexibility index (Phi) is 9.88. The quantitative estimate of drug-likeness (QED) is 0.341. The number of imidazole rings is 1. The number of benzene rings is 2. The zero-order valence-corrected chi connectivity index (χ0v) is 24.1. The van der Waals surface area contributed by atoms with Crippen molar-refractivity contribution < 1.29 is 27.8 Å². The molecule has 1 fully saturated rings. The lowest BCUT2D eigenvalue weighted by Crippen LogP contribution is -2.48. The fraction of sp³-hybridized carbons (Fsp3) is 0.484. The van der Waals surface area contributed by atoms with Crippen molar-refractivity contribution >= 4 is 5.91 Å². The van der Waals surface area contributed by atoms with E-state index in [1.807, 2.05) is 60.7 Å². The Morgan fingerprint density at radius 2 is 1.93 bits per heavy atom. The smallest absolute Gasteiger partial charge is 0.248 e. The molecule has 0 saturated carbocycles. The Bertz CT molecular complexity index is 1320. The van der Waals surface area contributed by atoms with Gasteiger partial charge in [-0.15, -0.1) is 0 Å². The van der Waals surface area contributed by atoms with E-state index in [-0.39, 0.29) is 24.3 Å². The lowest BCUT2D eigenvalue weighted by molar-refractivity contribution is -0.141. The average molecular weight is 573 g/mol. The Morgan fingerprint density at radius 3 is 2.56 bits per heavy atom. The maximum atomic E-state index is 15.0. The van der Waals surface area contributed by atoms with Gasteiger partial charge in [-0.2, -0.15) is 0 Å². The van der Waals surface area contributed by atoms with Gasteiger partial charge in [-0.3, -0.25) is 4.79 Å². The number of nitrogens with zero attached hydrogens (tertiary/aromatic N) is 4. The number of aliphatic hydroxyl groups is 1. The summed E-state index contributed by atoms with van der Waals surface area (Å²) in [6.45, 7) is 4.67. The van der Waals surface area contributed by atoms with Gasteiger partial charge < -0.3 is 24.2 Å². The molecule has 1 aromatic heterocycles. The molecule has 1 saturated heterocycles. The summed E-state index contributed by atoms with van der Waals surface area (Å²) in [5, 5.41) is 10.1. The fourth-order valence-electron chi connectivity index (χ4n) is 5.69. The van der Waals surface area contributed by atoms with Crippen LogP contribution in [0.1, 0.15) is 37.7 Å². The van der Waals surface area contributed by atoms with E-state index in [0.717, 1.165) is 23.8 Å². The summed E-state index contributed by atoms with van der Waals surface area (Å²) in [7, 11) is 3.42. The number of hydrogen-bond donors (Lipinski definition) is 1. The van der Waals surface area contributed by atoms with Gasteiger partial charge in [0.2, 0.25) is 5.91 Å². The third kappa shape index (κ3) is 7.17. The van der Waals surface area contributed by atoms with Crippen LogP contribution in [0.4, 0.5) is 13.2 Å². The summed E-state index contributed by atoms with van der Waals surface area (Å²) in [5.74, 6) is -1.83. The van der Waals surface area contributed by atoms with E-state index < -0.39 is 47.7 Å². The molecule has 0 bridgehead atoms. The predicted octanol–water partition coefficient (Wildman–Crippen LogP) is 4.70. The van der Waals surface area contributed by atoms with Gasteiger partial charge in [0.25, 0.3) is 0 Å². The molecule has 4 rings (SSSR count). The Hall–Kier alpha value is -3.21. The van der Waals surface area contributed by atoms with Crippen LogP contribution in [0, 0.1) is 23.0 Å². The van der Waals surface area contributed by atoms with E-state index in [1.54, 1.807) is 13.3 Å². The normalized spacial score (nSPS) is 18.5. The summed E-state index contributed by atoms with van der Waals surface area (Å²) < 4.78 is 51.4. The first-order chi connectivity index (χ1) is 19.5. The number of likely N-dealkylation sites (tertiary alicyclic amines) is 1. The molecule has 3 unspecified atom stereocenters. The van der Waals surface area contributed by atoms with Crippen molar-refractivity contribution in [3.05, 3.63) is 77.8 Å². The summed E-state index contributed by atoms with van der Waals surface area (Å²) in [5.41, 5.74) is 0.468. The van der Waals surface area contributed by atoms with E-state index in [0.29, 0.717) is 31.9 Å². The SMILES string of the molecule is COCCC(C)(C)C(c1nc(-c2cc(F)ccc2F)cn1Cc1ccccc1)N(CC1CN(C)CC1F)C(=O)CO. The lowest BCUT2D eigenvalue weighted by atomic mass is 9.79. The van der Waals surface area contributed by atoms with Crippen LogP contribution in [0.15, 0.2) is 54.7 Å². The Morgan fingerprint density at radius 1 is 1.20 bits per heavy atom. The van der Waals surface area contributed by atoms with Crippen molar-refractivity contribution in [2.75, 3.05) is 47.0 Å². The number of amides is 1. The first-order valence-corrected chi connectivity index (χ1v) is 13.8. The molecule has 2 aromatic carbocycles. The summed E-state index contributed by atoms with van der Waals surface area (Å²) >= 11 is 0. The highest BCUT2D eigenvalue weighted by Crippen LogP contribution is 2.43. The third-order valence-corrected chi connectivity index (χ3v) is 7.89. The highest BCUT2D eigenvalue weighted by Gasteiger charge is 2.43. The second-order valence-electron chi connectivity index (χ2n) is 11.6. The van der Waals surface area contributed by atoms with E-state index in [4.69, 9.17) is 9.72 Å². The Balaban J connectivity index is 1.90. The van der Waals surface area contributed by atoms with Crippen LogP contribution in [-0.4, -0.2) is 83.5 Å². The molecular formula is C31H39F3N4O3. The Labute approximate surface area is 239 Å². The first-order valence-electron chi connectivity index (χ1n) is 13.8. The van der Waals surface area contributed by atoms with Crippen LogP contribution in [-0.2, 0) is 16.1 Å². The molecule has 1 aliphatic heterocycles. The zero-order chi connectivity index (χ0) is 29.7. The van der Waals surface area contributed by atoms with Gasteiger partial charge in [0.05, 0.1) is 11.7 Å². The number of rotatable bonds is 12. The predicted molar refractivity (Wildman–Crippen MR) is 151 cm³/mol. The number of alkyl halides is 1. The van der Waals surface area contributed by atoms with Crippen LogP contribution in [0.2, 0.25) is 0 Å². The standard InChI is InChI=1S/C31H39F3N4O3/c1-31(2,12-13-41-4)29(38(28(40)20-39)17-22-16-36(3)18-26(22)34)30-35-27(24-14-23(32)10-11-25(24)33)19-37(30)15-21-8-6-5-7-9-21/h5-11,14,19,22,26,29,39H,12-13,15-18,20H2,1-4H3. The fourth-order valence-corrected chi connectivity index (χ4v) is 5.69. The average Bonchev–Trinajstić information content (AvgIpc) is 3.49. The number of aromatic nitrogens is 2. The second kappa shape index (κ2) is 13.2. The number of carbonyl (C=O) groups is 1. The number of halogens is 3. The molecule has 1 amide bonds. The topological polar surface area (TPSA) is 70.8 Å². The van der Waals surface area contributed by atoms with Gasteiger partial charge >= 0.3 is 0 Å². The van der Waals surface area contributed by atoms with Crippen molar-refractivity contribution in [2.24, 2.45) is 11.3 Å². The third-order valence-electron chi connectivity index (χ3n) is 7.89. The number of methoxy groups -OCH3 is 1. The van der Waals surface area contributed by atoms with Crippen molar-refractivity contribution in [1.82, 2.24) is 19.4 Å². The van der Waals surface area contributed by atoms with E-state index >= 15 is 4.39 Å². The molecule has 7 nitrogen and oxygen atoms in total. The van der Waals surface area contributed by atoms with Crippen LogP contribution in [0.3, 0.4) is 0 Å². The van der Waals surface area contributed by atoms with Gasteiger partial charge in [-0.1, -0.05) is 44.2 Å². The molecule has 1 N–H and O–H groups in total. The molecule has 1 aliphatic rings. The molecule has 41 heavy (non-hydrogen) atoms. The van der Waals surface area contributed by atoms with Crippen molar-refractivity contribution in [1.29, 1.82) is 0 Å². The highest BCUT2D eigenvalue weighted by atomic mass is 19.1. The van der Waals surface area contributed by atoms with Crippen LogP contribution >= 0.6 is 0 Å². The molecule has 0 radical (unpaired) electrons. The number of aliphatic hydroxyl groups excluding tert-OH is 1. The monoisotopic (exact) mass is 572 g/mol. The minimum absolute atomic E-state index is 0.00668. The van der Waals surface area contributed by atoms with Gasteiger partial charge in [-0.05, 0) is 42.6 Å². The van der Waals surface area contributed by atoms with Crippen molar-refractivity contribution in [2.45, 2.75) is 39.0 Å². The van der Waals surface area contributed by atoms with Crippen LogP contribution in [0.25, 0.3) is 11.3 Å². The molecule has 3 aromatic rings. The number of hydrogen-bond acceptors (Lipinski definition) is 5. The van der Waals surface area contributed by atoms with Crippen molar-refractivity contribution in [3.8, 4) is 11.3 Å². The number of carbonyl (C=O) groups excluding carboxylic acids is 1. The van der Waals surface area contributed by atoms with Gasteiger partial charge in [0.15, 0.2) is 0 Å². The van der Waals surface area contributed by atoms with Crippen LogP contribution < -0.4 is 0 Å². The van der Waals surface area contributed by atoms with Crippen molar-refractivity contribution in [3.63, 3.8) is 0 Å². The first kappa shape index (κ1) is 30.7. The second-order valence-corrected chi connectivity index (χ2v) is 11.6. The largest absolute Gasteiger partial charge is 0.387 e. The minimum Gasteiger partial charge on any atom is -0.387 e. The maximum absolute atomic E-state index is 15.0. The molecule has 2 heterocycles. The molecule has 0 aliphatic carbocycles. The highest BCUT2D eigenvalue weighted by molar-refractivity contribution is 5.78. The van der Waals surface area contributed by atoms with E-state index in [2.05, 4.69) is 0 Å². The summed E-state index contributed by atoms with van der Waals surface area (Å²) in [4.78, 5) is 21.7. The van der Waals surface area contributed by atoms with Crippen LogP contribution in [0.5, 0.6) is 0 Å². The van der Waals surface area contributed by atoms with Gasteiger partial charge in [0, 0.05) is 57.6 Å². The summed E-state index contributed by atoms with van der Waals surface area (Å²) in [6, 6.07) is 12.0. The molecule has 10 heteroatoms. The van der Waals surface area contributed by atoms with Gasteiger partial charge in [0.1, 0.15) is 30.2 Å². The maximum Gasteiger partial charge on any atom is 0.248 e. The lowest BCUT2D eigenvalue weighted by Gasteiger charge is -2.43.